The molecule has 2 rings (SSSR count). The Kier molecular flexibility index (Phi) is 5.64. The van der Waals surface area contributed by atoms with Crippen LogP contribution in [-0.2, 0) is 11.0 Å². The van der Waals surface area contributed by atoms with Crippen molar-refractivity contribution in [2.24, 2.45) is 0 Å². The first-order valence-electron chi connectivity index (χ1n) is 7.72. The van der Waals surface area contributed by atoms with Crippen molar-refractivity contribution in [3.8, 4) is 0 Å². The fourth-order valence-corrected chi connectivity index (χ4v) is 2.59. The minimum absolute atomic E-state index is 0.0398. The molecule has 1 atom stereocenters. The van der Waals surface area contributed by atoms with Crippen molar-refractivity contribution in [3.05, 3.63) is 64.5 Å². The number of carbonyl (C=O) groups is 2. The van der Waals surface area contributed by atoms with E-state index in [-0.39, 0.29) is 17.7 Å². The summed E-state index contributed by atoms with van der Waals surface area (Å²) in [5.74, 6) is -1.79. The fourth-order valence-electron chi connectivity index (χ4n) is 2.59. The van der Waals surface area contributed by atoms with Crippen LogP contribution in [0.25, 0.3) is 0 Å². The zero-order chi connectivity index (χ0) is 19.5. The lowest BCUT2D eigenvalue weighted by Gasteiger charge is -2.20. The maximum Gasteiger partial charge on any atom is 0.433 e. The molecule has 26 heavy (non-hydrogen) atoms. The standard InChI is InChI=1S/C18H17F3N2O3/c1-10-5-3-4-6-12(10)14(9-16(24)25)23-17(26)13-7-8-15(18(19,20)21)22-11(13)2/h3-8,14H,9H2,1-2H3,(H,23,26)(H,24,25). The maximum atomic E-state index is 12.7. The number of carboxylic acids is 1. The number of benzene rings is 1. The van der Waals surface area contributed by atoms with E-state index >= 15 is 0 Å². The minimum atomic E-state index is -4.60. The van der Waals surface area contributed by atoms with Gasteiger partial charge >= 0.3 is 12.1 Å². The number of rotatable bonds is 5. The lowest BCUT2D eigenvalue weighted by Crippen LogP contribution is -2.31. The van der Waals surface area contributed by atoms with E-state index < -0.39 is 29.8 Å². The Bertz CT molecular complexity index is 835. The molecule has 0 fully saturated rings. The first-order chi connectivity index (χ1) is 12.1. The molecule has 1 amide bonds. The van der Waals surface area contributed by atoms with E-state index in [9.17, 15) is 22.8 Å². The van der Waals surface area contributed by atoms with Gasteiger partial charge in [0, 0.05) is 0 Å². The zero-order valence-corrected chi connectivity index (χ0v) is 14.1. The highest BCUT2D eigenvalue weighted by atomic mass is 19.4. The molecule has 2 aromatic rings. The van der Waals surface area contributed by atoms with Crippen LogP contribution in [0, 0.1) is 13.8 Å². The normalized spacial score (nSPS) is 12.5. The minimum Gasteiger partial charge on any atom is -0.481 e. The Morgan fingerprint density at radius 1 is 1.15 bits per heavy atom. The molecule has 0 spiro atoms. The van der Waals surface area contributed by atoms with Gasteiger partial charge in [-0.25, -0.2) is 4.98 Å². The Labute approximate surface area is 147 Å². The highest BCUT2D eigenvalue weighted by Crippen LogP contribution is 2.28. The van der Waals surface area contributed by atoms with Gasteiger partial charge in [0.1, 0.15) is 5.69 Å². The van der Waals surface area contributed by atoms with E-state index in [1.54, 1.807) is 31.2 Å². The SMILES string of the molecule is Cc1ccccc1C(CC(=O)O)NC(=O)c1ccc(C(F)(F)F)nc1C. The number of carboxylic acid groups (broad SMARTS) is 1. The molecule has 0 saturated heterocycles. The van der Waals surface area contributed by atoms with E-state index in [1.165, 1.54) is 6.92 Å². The maximum absolute atomic E-state index is 12.7. The van der Waals surface area contributed by atoms with Gasteiger partial charge in [0.25, 0.3) is 5.91 Å². The molecule has 1 aromatic heterocycles. The summed E-state index contributed by atoms with van der Waals surface area (Å²) in [6.07, 6.45) is -4.96. The van der Waals surface area contributed by atoms with Crippen molar-refractivity contribution in [2.45, 2.75) is 32.5 Å². The fraction of sp³-hybridized carbons (Fsp3) is 0.278. The van der Waals surface area contributed by atoms with Crippen molar-refractivity contribution in [2.75, 3.05) is 0 Å². The number of pyridine rings is 1. The third-order valence-electron chi connectivity index (χ3n) is 3.87. The highest BCUT2D eigenvalue weighted by molar-refractivity contribution is 5.95. The molecule has 138 valence electrons. The Hall–Kier alpha value is -2.90. The van der Waals surface area contributed by atoms with Gasteiger partial charge in [0.15, 0.2) is 0 Å². The third kappa shape index (κ3) is 4.59. The number of aliphatic carboxylic acids is 1. The summed E-state index contributed by atoms with van der Waals surface area (Å²) in [6, 6.07) is 7.92. The number of nitrogens with zero attached hydrogens (tertiary/aromatic N) is 1. The van der Waals surface area contributed by atoms with Gasteiger partial charge in [0.05, 0.1) is 23.7 Å². The van der Waals surface area contributed by atoms with Gasteiger partial charge in [-0.05, 0) is 37.1 Å². The number of amides is 1. The van der Waals surface area contributed by atoms with Crippen molar-refractivity contribution in [1.82, 2.24) is 10.3 Å². The molecule has 0 aliphatic carbocycles. The van der Waals surface area contributed by atoms with Gasteiger partial charge in [-0.2, -0.15) is 13.2 Å². The molecular weight excluding hydrogens is 349 g/mol. The average molecular weight is 366 g/mol. The molecule has 8 heteroatoms. The molecule has 0 aliphatic rings. The summed E-state index contributed by atoms with van der Waals surface area (Å²) in [4.78, 5) is 27.0. The molecule has 0 saturated carbocycles. The number of carbonyl (C=O) groups excluding carboxylic acids is 1. The van der Waals surface area contributed by atoms with Crippen LogP contribution >= 0.6 is 0 Å². The molecule has 1 aromatic carbocycles. The molecule has 0 radical (unpaired) electrons. The Morgan fingerprint density at radius 2 is 1.81 bits per heavy atom. The number of hydrogen-bond acceptors (Lipinski definition) is 3. The molecule has 2 N–H and O–H groups in total. The quantitative estimate of drug-likeness (QED) is 0.846. The molecule has 0 bridgehead atoms. The van der Waals surface area contributed by atoms with E-state index in [2.05, 4.69) is 10.3 Å². The van der Waals surface area contributed by atoms with Crippen LogP contribution in [-0.4, -0.2) is 22.0 Å². The van der Waals surface area contributed by atoms with Gasteiger partial charge in [-0.3, -0.25) is 9.59 Å². The Balaban J connectivity index is 2.30. The molecule has 0 aliphatic heterocycles. The highest BCUT2D eigenvalue weighted by Gasteiger charge is 2.33. The second-order valence-corrected chi connectivity index (χ2v) is 5.81. The predicted molar refractivity (Wildman–Crippen MR) is 87.6 cm³/mol. The molecule has 1 heterocycles. The molecular formula is C18H17F3N2O3. The van der Waals surface area contributed by atoms with Crippen molar-refractivity contribution < 1.29 is 27.9 Å². The summed E-state index contributed by atoms with van der Waals surface area (Å²) >= 11 is 0. The second-order valence-electron chi connectivity index (χ2n) is 5.81. The summed E-state index contributed by atoms with van der Waals surface area (Å²) in [6.45, 7) is 3.07. The summed E-state index contributed by atoms with van der Waals surface area (Å²) in [7, 11) is 0. The van der Waals surface area contributed by atoms with Gasteiger partial charge < -0.3 is 10.4 Å². The lowest BCUT2D eigenvalue weighted by atomic mass is 9.98. The van der Waals surface area contributed by atoms with Crippen LogP contribution in [0.1, 0.15) is 45.3 Å². The molecule has 5 nitrogen and oxygen atoms in total. The summed E-state index contributed by atoms with van der Waals surface area (Å²) < 4.78 is 38.1. The summed E-state index contributed by atoms with van der Waals surface area (Å²) in [5.41, 5.74) is 0.202. The average Bonchev–Trinajstić information content (AvgIpc) is 2.53. The largest absolute Gasteiger partial charge is 0.481 e. The first-order valence-corrected chi connectivity index (χ1v) is 7.72. The van der Waals surface area contributed by atoms with Crippen LogP contribution in [0.5, 0.6) is 0 Å². The van der Waals surface area contributed by atoms with E-state index in [1.807, 2.05) is 0 Å². The van der Waals surface area contributed by atoms with Crippen molar-refractivity contribution in [1.29, 1.82) is 0 Å². The smallest absolute Gasteiger partial charge is 0.433 e. The predicted octanol–water partition coefficient (Wildman–Crippen LogP) is 3.66. The summed E-state index contributed by atoms with van der Waals surface area (Å²) in [5, 5.41) is 11.7. The first kappa shape index (κ1) is 19.4. The van der Waals surface area contributed by atoms with E-state index in [0.29, 0.717) is 5.56 Å². The number of halogens is 3. The van der Waals surface area contributed by atoms with Crippen LogP contribution in [0.4, 0.5) is 13.2 Å². The van der Waals surface area contributed by atoms with Crippen molar-refractivity contribution in [3.63, 3.8) is 0 Å². The van der Waals surface area contributed by atoms with Crippen LogP contribution in [0.2, 0.25) is 0 Å². The zero-order valence-electron chi connectivity index (χ0n) is 14.1. The number of aryl methyl sites for hydroxylation is 2. The molecule has 1 unspecified atom stereocenters. The third-order valence-corrected chi connectivity index (χ3v) is 3.87. The van der Waals surface area contributed by atoms with Gasteiger partial charge in [-0.1, -0.05) is 24.3 Å². The van der Waals surface area contributed by atoms with Crippen LogP contribution in [0.15, 0.2) is 36.4 Å². The number of hydrogen-bond donors (Lipinski definition) is 2. The van der Waals surface area contributed by atoms with Gasteiger partial charge in [-0.15, -0.1) is 0 Å². The van der Waals surface area contributed by atoms with E-state index in [0.717, 1.165) is 17.7 Å². The Morgan fingerprint density at radius 3 is 2.35 bits per heavy atom. The van der Waals surface area contributed by atoms with E-state index in [4.69, 9.17) is 5.11 Å². The van der Waals surface area contributed by atoms with Gasteiger partial charge in [0.2, 0.25) is 0 Å². The second kappa shape index (κ2) is 7.55. The monoisotopic (exact) mass is 366 g/mol. The van der Waals surface area contributed by atoms with Crippen LogP contribution in [0.3, 0.4) is 0 Å². The topological polar surface area (TPSA) is 79.3 Å². The number of aromatic nitrogens is 1. The van der Waals surface area contributed by atoms with Crippen molar-refractivity contribution >= 4 is 11.9 Å². The van der Waals surface area contributed by atoms with Crippen LogP contribution < -0.4 is 5.32 Å². The number of alkyl halides is 3. The lowest BCUT2D eigenvalue weighted by molar-refractivity contribution is -0.141. The number of nitrogens with one attached hydrogen (secondary N) is 1.